The molecule has 2 amide bonds. The molecule has 0 radical (unpaired) electrons. The molecule has 1 saturated heterocycles. The normalized spacial score (nSPS) is 22.4. The third-order valence-electron chi connectivity index (χ3n) is 8.01. The van der Waals surface area contributed by atoms with E-state index in [4.69, 9.17) is 0 Å². The topological polar surface area (TPSA) is 106 Å². The third kappa shape index (κ3) is 6.84. The van der Waals surface area contributed by atoms with Crippen molar-refractivity contribution in [2.24, 2.45) is 17.8 Å². The van der Waals surface area contributed by atoms with Crippen LogP contribution in [0.3, 0.4) is 0 Å². The second-order valence-electron chi connectivity index (χ2n) is 11.0. The highest BCUT2D eigenvalue weighted by Crippen LogP contribution is 2.41. The molecule has 9 nitrogen and oxygen atoms in total. The summed E-state index contributed by atoms with van der Waals surface area (Å²) in [5, 5.41) is 14.2. The first-order valence-electron chi connectivity index (χ1n) is 13.8. The minimum Gasteiger partial charge on any atom is -0.356 e. The Morgan fingerprint density at radius 2 is 1.98 bits per heavy atom. The second-order valence-corrected chi connectivity index (χ2v) is 11.0. The Morgan fingerprint density at radius 3 is 2.68 bits per heavy atom. The summed E-state index contributed by atoms with van der Waals surface area (Å²) in [6.07, 6.45) is -2.03. The van der Waals surface area contributed by atoms with Gasteiger partial charge >= 0.3 is 6.18 Å². The molecule has 2 fully saturated rings. The number of aryl methyl sites for hydroxylation is 1. The molecule has 5 rings (SSSR count). The van der Waals surface area contributed by atoms with Gasteiger partial charge in [-0.05, 0) is 56.2 Å². The molecule has 3 aromatic rings. The Balaban J connectivity index is 1.37. The van der Waals surface area contributed by atoms with Crippen LogP contribution in [0.15, 0.2) is 30.6 Å². The van der Waals surface area contributed by atoms with Gasteiger partial charge in [0.15, 0.2) is 5.65 Å². The van der Waals surface area contributed by atoms with Crippen LogP contribution < -0.4 is 10.6 Å². The zero-order chi connectivity index (χ0) is 29.4. The van der Waals surface area contributed by atoms with Crippen molar-refractivity contribution >= 4 is 17.5 Å². The summed E-state index contributed by atoms with van der Waals surface area (Å²) in [5.41, 5.74) is 1.75. The molecule has 1 aliphatic carbocycles. The van der Waals surface area contributed by atoms with Crippen LogP contribution in [0.1, 0.15) is 73.4 Å². The minimum atomic E-state index is -4.31. The lowest BCUT2D eigenvalue weighted by Crippen LogP contribution is -2.43. The Kier molecular flexibility index (Phi) is 8.02. The molecular weight excluding hydrogens is 549 g/mol. The number of hydrogen-bond donors (Lipinski definition) is 2. The van der Waals surface area contributed by atoms with Crippen molar-refractivity contribution in [2.45, 2.75) is 76.6 Å². The van der Waals surface area contributed by atoms with Crippen molar-refractivity contribution in [3.05, 3.63) is 47.7 Å². The number of halogens is 5. The monoisotopic (exact) mass is 581 g/mol. The molecule has 3 atom stereocenters. The number of piperidine rings is 1. The summed E-state index contributed by atoms with van der Waals surface area (Å²) in [4.78, 5) is 30.2. The number of nitrogens with one attached hydrogen (secondary N) is 2. The number of alkyl halides is 5. The fourth-order valence-electron chi connectivity index (χ4n) is 5.91. The molecule has 222 valence electrons. The number of hydrogen-bond acceptors (Lipinski definition) is 5. The van der Waals surface area contributed by atoms with E-state index in [9.17, 15) is 31.5 Å². The van der Waals surface area contributed by atoms with Gasteiger partial charge in [0.1, 0.15) is 5.69 Å². The lowest BCUT2D eigenvalue weighted by molar-refractivity contribution is -0.150. The summed E-state index contributed by atoms with van der Waals surface area (Å²) >= 11 is 0. The quantitative estimate of drug-likeness (QED) is 0.382. The van der Waals surface area contributed by atoms with Gasteiger partial charge in [-0.2, -0.15) is 23.4 Å². The molecule has 2 aliphatic rings. The van der Waals surface area contributed by atoms with Gasteiger partial charge in [0.05, 0.1) is 23.6 Å². The fraction of sp³-hybridized carbons (Fsp3) is 0.593. The summed E-state index contributed by atoms with van der Waals surface area (Å²) in [5.74, 6) is -5.07. The van der Waals surface area contributed by atoms with Crippen LogP contribution in [0.4, 0.5) is 22.0 Å². The zero-order valence-electron chi connectivity index (χ0n) is 22.5. The summed E-state index contributed by atoms with van der Waals surface area (Å²) in [6, 6.07) is 4.28. The molecule has 1 saturated carbocycles. The first-order valence-corrected chi connectivity index (χ1v) is 13.8. The summed E-state index contributed by atoms with van der Waals surface area (Å²) < 4.78 is 69.6. The molecule has 0 aromatic carbocycles. The number of carbonyl (C=O) groups is 2. The van der Waals surface area contributed by atoms with Gasteiger partial charge in [-0.3, -0.25) is 14.3 Å². The Hall–Kier alpha value is -3.58. The van der Waals surface area contributed by atoms with Crippen molar-refractivity contribution in [1.82, 2.24) is 35.0 Å². The molecular formula is C27H32F5N7O2. The van der Waals surface area contributed by atoms with Gasteiger partial charge < -0.3 is 10.6 Å². The maximum atomic E-state index is 14.0. The molecule has 3 unspecified atom stereocenters. The van der Waals surface area contributed by atoms with Gasteiger partial charge in [0, 0.05) is 50.9 Å². The molecule has 4 heterocycles. The molecule has 0 bridgehead atoms. The molecule has 14 heteroatoms. The average molecular weight is 582 g/mol. The van der Waals surface area contributed by atoms with Crippen molar-refractivity contribution in [3.8, 4) is 0 Å². The van der Waals surface area contributed by atoms with Crippen molar-refractivity contribution in [3.63, 3.8) is 0 Å². The van der Waals surface area contributed by atoms with E-state index in [-0.39, 0.29) is 56.9 Å². The Morgan fingerprint density at radius 1 is 1.22 bits per heavy atom. The largest absolute Gasteiger partial charge is 0.389 e. The Labute approximate surface area is 232 Å². The number of aromatic nitrogens is 5. The lowest BCUT2D eigenvalue weighted by Gasteiger charge is -2.33. The van der Waals surface area contributed by atoms with E-state index < -0.39 is 42.3 Å². The number of amides is 2. The van der Waals surface area contributed by atoms with Crippen LogP contribution in [0, 0.1) is 17.8 Å². The first kappa shape index (κ1) is 28.9. The van der Waals surface area contributed by atoms with E-state index in [1.165, 1.54) is 10.7 Å². The molecule has 1 aliphatic heterocycles. The zero-order valence-corrected chi connectivity index (χ0v) is 22.5. The van der Waals surface area contributed by atoms with E-state index in [0.717, 1.165) is 0 Å². The number of nitrogens with zero attached hydrogens (tertiary/aromatic N) is 5. The number of carbonyl (C=O) groups excluding carboxylic acids is 2. The van der Waals surface area contributed by atoms with E-state index in [0.29, 0.717) is 29.3 Å². The highest BCUT2D eigenvalue weighted by atomic mass is 19.4. The predicted molar refractivity (Wildman–Crippen MR) is 137 cm³/mol. The number of rotatable bonds is 8. The SMILES string of the molecule is CCn1nccc1C(=O)NC(c1cn2nc(CC3CC(CC(F)(F)F)CNC3=O)ccc2n1)C1CCC(F)(F)CC1. The molecule has 2 N–H and O–H groups in total. The second kappa shape index (κ2) is 11.4. The Bertz CT molecular complexity index is 1390. The smallest absolute Gasteiger partial charge is 0.356 e. The summed E-state index contributed by atoms with van der Waals surface area (Å²) in [7, 11) is 0. The van der Waals surface area contributed by atoms with Crippen molar-refractivity contribution < 1.29 is 31.5 Å². The van der Waals surface area contributed by atoms with E-state index >= 15 is 0 Å². The predicted octanol–water partition coefficient (Wildman–Crippen LogP) is 4.49. The molecule has 0 spiro atoms. The van der Waals surface area contributed by atoms with Crippen molar-refractivity contribution in [2.75, 3.05) is 6.54 Å². The van der Waals surface area contributed by atoms with Crippen LogP contribution in [-0.2, 0) is 17.8 Å². The standard InChI is InChI=1S/C27H32F5N7O2/c1-2-38-21(7-10-34-38)25(41)36-23(17-5-8-26(28,29)9-6-17)20-15-39-22(35-20)4-3-19(37-39)12-18-11-16(13-27(30,31)32)14-33-24(18)40/h3-4,7,10,15-18,23H,2,5-6,8-9,11-14H2,1H3,(H,33,40)(H,36,41). The van der Waals surface area contributed by atoms with E-state index in [1.54, 1.807) is 29.1 Å². The van der Waals surface area contributed by atoms with E-state index in [2.05, 4.69) is 25.8 Å². The maximum absolute atomic E-state index is 14.0. The van der Waals surface area contributed by atoms with Crippen LogP contribution in [-0.4, -0.2) is 54.8 Å². The third-order valence-corrected chi connectivity index (χ3v) is 8.01. The highest BCUT2D eigenvalue weighted by Gasteiger charge is 2.40. The van der Waals surface area contributed by atoms with Crippen LogP contribution in [0.5, 0.6) is 0 Å². The number of fused-ring (bicyclic) bond motifs is 1. The minimum absolute atomic E-state index is 0.00849. The number of imidazole rings is 1. The highest BCUT2D eigenvalue weighted by molar-refractivity contribution is 5.92. The average Bonchev–Trinajstić information content (AvgIpc) is 3.55. The first-order chi connectivity index (χ1) is 19.4. The fourth-order valence-corrected chi connectivity index (χ4v) is 5.91. The van der Waals surface area contributed by atoms with Gasteiger partial charge in [-0.1, -0.05) is 0 Å². The van der Waals surface area contributed by atoms with Gasteiger partial charge in [0.2, 0.25) is 11.8 Å². The molecule has 3 aromatic heterocycles. The van der Waals surface area contributed by atoms with Gasteiger partial charge in [0.25, 0.3) is 5.91 Å². The van der Waals surface area contributed by atoms with Crippen LogP contribution >= 0.6 is 0 Å². The van der Waals surface area contributed by atoms with E-state index in [1.807, 2.05) is 6.92 Å². The maximum Gasteiger partial charge on any atom is 0.389 e. The lowest BCUT2D eigenvalue weighted by atomic mass is 9.81. The van der Waals surface area contributed by atoms with Crippen LogP contribution in [0.25, 0.3) is 5.65 Å². The van der Waals surface area contributed by atoms with Crippen molar-refractivity contribution in [1.29, 1.82) is 0 Å². The molecule has 41 heavy (non-hydrogen) atoms. The van der Waals surface area contributed by atoms with Gasteiger partial charge in [-0.25, -0.2) is 18.3 Å². The van der Waals surface area contributed by atoms with Gasteiger partial charge in [-0.15, -0.1) is 0 Å². The summed E-state index contributed by atoms with van der Waals surface area (Å²) in [6.45, 7) is 2.32. The van der Waals surface area contributed by atoms with Crippen LogP contribution in [0.2, 0.25) is 0 Å².